The van der Waals surface area contributed by atoms with Gasteiger partial charge in [0, 0.05) is 67.8 Å². The van der Waals surface area contributed by atoms with Crippen LogP contribution in [0.15, 0.2) is 0 Å². The van der Waals surface area contributed by atoms with E-state index in [0.717, 1.165) is 67.8 Å². The van der Waals surface area contributed by atoms with E-state index >= 15 is 0 Å². The maximum atomic E-state index is 4.19. The summed E-state index contributed by atoms with van der Waals surface area (Å²) in [6.45, 7) is 0. The van der Waals surface area contributed by atoms with Crippen LogP contribution >= 0.6 is 35.3 Å². The maximum Gasteiger partial charge on any atom is 0.0226 e. The van der Waals surface area contributed by atoms with Crippen molar-refractivity contribution in [3.05, 3.63) is 0 Å². The Morgan fingerprint density at radius 2 is 0.968 bits per heavy atom. The zero-order valence-corrected chi connectivity index (χ0v) is 21.5. The van der Waals surface area contributed by atoms with Crippen molar-refractivity contribution in [1.82, 2.24) is 15.5 Å². The van der Waals surface area contributed by atoms with Crippen molar-refractivity contribution in [3.8, 4) is 0 Å². The van der Waals surface area contributed by atoms with Crippen molar-refractivity contribution in [2.75, 3.05) is 7.05 Å². The van der Waals surface area contributed by atoms with E-state index in [9.17, 15) is 0 Å². The minimum atomic E-state index is 0.783. The third-order valence-corrected chi connectivity index (χ3v) is 15.3. The van der Waals surface area contributed by atoms with Crippen molar-refractivity contribution in [1.29, 1.82) is 0 Å². The average molecular weight is 480 g/mol. The molecule has 0 aromatic carbocycles. The monoisotopic (exact) mass is 479 g/mol. The molecule has 3 nitrogen and oxygen atoms in total. The third kappa shape index (κ3) is 3.76. The van der Waals surface area contributed by atoms with Crippen LogP contribution in [0.25, 0.3) is 0 Å². The molecule has 6 heteroatoms. The molecule has 31 heavy (non-hydrogen) atoms. The molecule has 2 N–H and O–H groups in total. The molecule has 7 fully saturated rings. The highest BCUT2D eigenvalue weighted by molar-refractivity contribution is 8.01. The minimum Gasteiger partial charge on any atom is -0.309 e. The molecule has 4 aliphatic carbocycles. The van der Waals surface area contributed by atoms with Gasteiger partial charge in [-0.3, -0.25) is 4.90 Å². The highest BCUT2D eigenvalue weighted by Crippen LogP contribution is 2.52. The lowest BCUT2D eigenvalue weighted by Gasteiger charge is -2.59. The second kappa shape index (κ2) is 8.55. The van der Waals surface area contributed by atoms with Crippen molar-refractivity contribution < 1.29 is 0 Å². The zero-order valence-electron chi connectivity index (χ0n) is 19.1. The van der Waals surface area contributed by atoms with Crippen molar-refractivity contribution in [2.45, 2.75) is 145 Å². The lowest BCUT2D eigenvalue weighted by Crippen LogP contribution is -2.68. The molecule has 0 bridgehead atoms. The molecule has 174 valence electrons. The van der Waals surface area contributed by atoms with Gasteiger partial charge in [-0.15, -0.1) is 0 Å². The van der Waals surface area contributed by atoms with Crippen LogP contribution in [0.2, 0.25) is 0 Å². The summed E-state index contributed by atoms with van der Waals surface area (Å²) in [5, 5.41) is 13.6. The first-order valence-corrected chi connectivity index (χ1v) is 16.3. The molecule has 3 saturated heterocycles. The smallest absolute Gasteiger partial charge is 0.0226 e. The Morgan fingerprint density at radius 3 is 1.48 bits per heavy atom. The van der Waals surface area contributed by atoms with Crippen molar-refractivity contribution in [3.63, 3.8) is 0 Å². The van der Waals surface area contributed by atoms with Crippen LogP contribution in [0, 0.1) is 0 Å². The lowest BCUT2D eigenvalue weighted by molar-refractivity contribution is 0.0889. The predicted octanol–water partition coefficient (Wildman–Crippen LogP) is 4.50. The van der Waals surface area contributed by atoms with Crippen LogP contribution < -0.4 is 10.6 Å². The molecule has 7 aliphatic rings. The van der Waals surface area contributed by atoms with Gasteiger partial charge < -0.3 is 10.6 Å². The highest BCUT2D eigenvalue weighted by atomic mass is 32.2. The molecule has 0 aromatic rings. The van der Waals surface area contributed by atoms with Crippen LogP contribution in [0.3, 0.4) is 0 Å². The third-order valence-electron chi connectivity index (χ3n) is 10.0. The van der Waals surface area contributed by atoms with E-state index in [1.165, 1.54) is 77.0 Å². The van der Waals surface area contributed by atoms with Gasteiger partial charge in [0.1, 0.15) is 0 Å². The summed E-state index contributed by atoms with van der Waals surface area (Å²) in [5.74, 6) is 0. The lowest BCUT2D eigenvalue weighted by atomic mass is 9.82. The second-order valence-corrected chi connectivity index (χ2v) is 16.2. The topological polar surface area (TPSA) is 27.3 Å². The van der Waals surface area contributed by atoms with Gasteiger partial charge in [-0.1, -0.05) is 25.7 Å². The molecule has 0 radical (unpaired) electrons. The van der Waals surface area contributed by atoms with E-state index in [1.807, 2.05) is 0 Å². The summed E-state index contributed by atoms with van der Waals surface area (Å²) in [6.07, 6.45) is 17.3. The molecule has 12 atom stereocenters. The molecule has 3 heterocycles. The van der Waals surface area contributed by atoms with Crippen molar-refractivity contribution in [2.24, 2.45) is 0 Å². The molecule has 4 saturated carbocycles. The van der Waals surface area contributed by atoms with Crippen LogP contribution in [-0.2, 0) is 0 Å². The fourth-order valence-corrected chi connectivity index (χ4v) is 14.1. The Morgan fingerprint density at radius 1 is 0.516 bits per heavy atom. The van der Waals surface area contributed by atoms with Gasteiger partial charge in [0.15, 0.2) is 0 Å². The first kappa shape index (κ1) is 21.2. The molecular formula is C25H41N3S3. The van der Waals surface area contributed by atoms with E-state index in [4.69, 9.17) is 0 Å². The van der Waals surface area contributed by atoms with E-state index in [1.54, 1.807) is 0 Å². The normalized spacial score (nSPS) is 56.8. The molecule has 0 spiro atoms. The Labute approximate surface area is 202 Å². The Bertz CT molecular complexity index is 624. The van der Waals surface area contributed by atoms with Gasteiger partial charge in [0.25, 0.3) is 0 Å². The van der Waals surface area contributed by atoms with Gasteiger partial charge in [0.2, 0.25) is 0 Å². The minimum absolute atomic E-state index is 0.783. The number of rotatable bonds is 0. The van der Waals surface area contributed by atoms with Gasteiger partial charge in [0.05, 0.1) is 0 Å². The molecule has 3 aliphatic heterocycles. The summed E-state index contributed by atoms with van der Waals surface area (Å²) >= 11 is 7.24. The summed E-state index contributed by atoms with van der Waals surface area (Å²) in [5.41, 5.74) is 0. The molecular weight excluding hydrogens is 438 g/mol. The van der Waals surface area contributed by atoms with Gasteiger partial charge >= 0.3 is 0 Å². The number of thioether (sulfide) groups is 3. The second-order valence-electron chi connectivity index (χ2n) is 11.7. The van der Waals surface area contributed by atoms with Gasteiger partial charge in [-0.25, -0.2) is 0 Å². The first-order valence-electron chi connectivity index (χ1n) is 13.4. The Balaban J connectivity index is 1.06. The quantitative estimate of drug-likeness (QED) is 0.531. The fourth-order valence-electron chi connectivity index (χ4n) is 8.40. The molecule has 12 unspecified atom stereocenters. The summed E-state index contributed by atoms with van der Waals surface area (Å²) < 4.78 is 0. The molecule has 7 rings (SSSR count). The summed E-state index contributed by atoms with van der Waals surface area (Å²) in [7, 11) is 2.52. The largest absolute Gasteiger partial charge is 0.309 e. The maximum absolute atomic E-state index is 4.19. The molecule has 0 amide bonds. The van der Waals surface area contributed by atoms with E-state index in [0.29, 0.717) is 0 Å². The fraction of sp³-hybridized carbons (Fsp3) is 1.00. The SMILES string of the molecule is CN1C2CC3SC4CCCCC4NC3CC2SC2CC3NC4CCCCC4SC3CC21. The molecule has 0 aromatic heterocycles. The number of hydrogen-bond acceptors (Lipinski definition) is 6. The van der Waals surface area contributed by atoms with E-state index in [2.05, 4.69) is 57.9 Å². The standard InChI is InChI=1S/C25H41N3S3/c1-28-18-12-22-16(26-14-6-2-4-8-20(14)29-22)10-24(18)31-25-11-17-23(13-19(25)28)30-21-9-5-3-7-15(21)27-17/h14-27H,2-13H2,1H3. The van der Waals surface area contributed by atoms with Crippen LogP contribution in [0.4, 0.5) is 0 Å². The number of nitrogens with zero attached hydrogens (tertiary/aromatic N) is 1. The van der Waals surface area contributed by atoms with E-state index in [-0.39, 0.29) is 0 Å². The first-order chi connectivity index (χ1) is 15.2. The zero-order chi connectivity index (χ0) is 20.5. The predicted molar refractivity (Wildman–Crippen MR) is 138 cm³/mol. The van der Waals surface area contributed by atoms with Crippen LogP contribution in [0.1, 0.15) is 77.0 Å². The average Bonchev–Trinajstić information content (AvgIpc) is 2.79. The highest BCUT2D eigenvalue weighted by Gasteiger charge is 2.53. The number of nitrogens with one attached hydrogen (secondary N) is 2. The number of fused-ring (bicyclic) bond motifs is 6. The Kier molecular flexibility index (Phi) is 5.86. The van der Waals surface area contributed by atoms with Gasteiger partial charge in [-0.05, 0) is 58.4 Å². The summed E-state index contributed by atoms with van der Waals surface area (Å²) in [4.78, 5) is 2.92. The van der Waals surface area contributed by atoms with E-state index < -0.39 is 0 Å². The summed E-state index contributed by atoms with van der Waals surface area (Å²) in [6, 6.07) is 4.84. The van der Waals surface area contributed by atoms with Crippen LogP contribution in [-0.4, -0.2) is 79.7 Å². The van der Waals surface area contributed by atoms with Gasteiger partial charge in [-0.2, -0.15) is 35.3 Å². The van der Waals surface area contributed by atoms with Crippen molar-refractivity contribution >= 4 is 35.3 Å². The Hall–Kier alpha value is 0.930. The number of hydrogen-bond donors (Lipinski definition) is 2. The van der Waals surface area contributed by atoms with Crippen LogP contribution in [0.5, 0.6) is 0 Å².